The monoisotopic (exact) mass is 262 g/mol. The Hall–Kier alpha value is -1.74. The summed E-state index contributed by atoms with van der Waals surface area (Å²) in [5, 5.41) is 0.976. The van der Waals surface area contributed by atoms with Crippen molar-refractivity contribution in [3.63, 3.8) is 0 Å². The van der Waals surface area contributed by atoms with Crippen LogP contribution in [-0.4, -0.2) is 6.61 Å². The largest absolute Gasteiger partial charge is 0.489 e. The van der Waals surface area contributed by atoms with Crippen molar-refractivity contribution in [2.24, 2.45) is 0 Å². The SMILES string of the molecule is Cc1cc2oc(=O)c(Cl)c(C)c2c2c1OCC=C2. The molecule has 0 atom stereocenters. The van der Waals surface area contributed by atoms with Crippen LogP contribution < -0.4 is 10.4 Å². The van der Waals surface area contributed by atoms with Crippen molar-refractivity contribution in [2.75, 3.05) is 6.61 Å². The molecule has 0 aliphatic carbocycles. The zero-order valence-corrected chi connectivity index (χ0v) is 10.8. The average Bonchev–Trinajstić information content (AvgIpc) is 2.36. The maximum Gasteiger partial charge on any atom is 0.355 e. The predicted molar refractivity (Wildman–Crippen MR) is 71.5 cm³/mol. The summed E-state index contributed by atoms with van der Waals surface area (Å²) < 4.78 is 10.9. The van der Waals surface area contributed by atoms with E-state index in [2.05, 4.69) is 0 Å². The van der Waals surface area contributed by atoms with E-state index in [1.54, 1.807) is 0 Å². The average molecular weight is 263 g/mol. The molecule has 0 saturated heterocycles. The fourth-order valence-corrected chi connectivity index (χ4v) is 2.45. The Labute approximate surface area is 109 Å². The summed E-state index contributed by atoms with van der Waals surface area (Å²) >= 11 is 5.97. The van der Waals surface area contributed by atoms with Crippen LogP contribution in [0.5, 0.6) is 5.75 Å². The maximum atomic E-state index is 11.6. The molecule has 4 heteroatoms. The molecule has 0 amide bonds. The van der Waals surface area contributed by atoms with Crippen molar-refractivity contribution >= 4 is 28.6 Å². The molecule has 1 aromatic heterocycles. The third-order valence-corrected chi connectivity index (χ3v) is 3.60. The quantitative estimate of drug-likeness (QED) is 0.683. The van der Waals surface area contributed by atoms with Crippen LogP contribution in [0.15, 0.2) is 21.4 Å². The maximum absolute atomic E-state index is 11.6. The molecule has 92 valence electrons. The van der Waals surface area contributed by atoms with E-state index in [0.717, 1.165) is 27.8 Å². The lowest BCUT2D eigenvalue weighted by atomic mass is 9.99. The standard InChI is InChI=1S/C14H11ClO3/c1-7-6-10-11(8(2)12(15)14(16)18-10)9-4-3-5-17-13(7)9/h3-4,6H,5H2,1-2H3. The number of aryl methyl sites for hydroxylation is 2. The number of ether oxygens (including phenoxy) is 1. The molecular weight excluding hydrogens is 252 g/mol. The van der Waals surface area contributed by atoms with Gasteiger partial charge in [0.05, 0.1) is 0 Å². The van der Waals surface area contributed by atoms with Gasteiger partial charge in [0.15, 0.2) is 0 Å². The van der Waals surface area contributed by atoms with Crippen LogP contribution in [-0.2, 0) is 0 Å². The minimum atomic E-state index is -0.498. The highest BCUT2D eigenvalue weighted by atomic mass is 35.5. The van der Waals surface area contributed by atoms with Gasteiger partial charge in [-0.1, -0.05) is 17.7 Å². The molecule has 0 spiro atoms. The first-order valence-electron chi connectivity index (χ1n) is 5.65. The molecule has 1 aliphatic rings. The van der Waals surface area contributed by atoms with Gasteiger partial charge in [0, 0.05) is 10.9 Å². The van der Waals surface area contributed by atoms with Crippen LogP contribution in [0.25, 0.3) is 17.0 Å². The summed E-state index contributed by atoms with van der Waals surface area (Å²) in [6.07, 6.45) is 3.91. The topological polar surface area (TPSA) is 39.4 Å². The van der Waals surface area contributed by atoms with Crippen LogP contribution in [0.4, 0.5) is 0 Å². The van der Waals surface area contributed by atoms with Crippen molar-refractivity contribution in [1.82, 2.24) is 0 Å². The Bertz CT molecular complexity index is 741. The summed E-state index contributed by atoms with van der Waals surface area (Å²) in [4.78, 5) is 11.6. The third kappa shape index (κ3) is 1.47. The normalized spacial score (nSPS) is 13.5. The fourth-order valence-electron chi connectivity index (χ4n) is 2.32. The fraction of sp³-hybridized carbons (Fsp3) is 0.214. The smallest absolute Gasteiger partial charge is 0.355 e. The molecule has 0 bridgehead atoms. The molecule has 0 N–H and O–H groups in total. The third-order valence-electron chi connectivity index (χ3n) is 3.16. The van der Waals surface area contributed by atoms with E-state index in [-0.39, 0.29) is 5.02 Å². The minimum absolute atomic E-state index is 0.132. The van der Waals surface area contributed by atoms with Crippen LogP contribution in [0, 0.1) is 13.8 Å². The van der Waals surface area contributed by atoms with E-state index in [0.29, 0.717) is 12.2 Å². The molecule has 2 aromatic rings. The van der Waals surface area contributed by atoms with E-state index in [1.807, 2.05) is 32.1 Å². The van der Waals surface area contributed by atoms with Gasteiger partial charge in [-0.2, -0.15) is 0 Å². The number of fused-ring (bicyclic) bond motifs is 3. The Morgan fingerprint density at radius 1 is 1.33 bits per heavy atom. The molecule has 0 unspecified atom stereocenters. The molecule has 3 rings (SSSR count). The predicted octanol–water partition coefficient (Wildman–Crippen LogP) is 3.47. The second kappa shape index (κ2) is 3.89. The highest BCUT2D eigenvalue weighted by Gasteiger charge is 2.18. The van der Waals surface area contributed by atoms with Crippen LogP contribution in [0.3, 0.4) is 0 Å². The first-order chi connectivity index (χ1) is 8.59. The zero-order valence-electron chi connectivity index (χ0n) is 10.0. The van der Waals surface area contributed by atoms with Gasteiger partial charge in [-0.25, -0.2) is 4.79 Å². The van der Waals surface area contributed by atoms with E-state index in [1.165, 1.54) is 0 Å². The molecule has 18 heavy (non-hydrogen) atoms. The molecule has 2 heterocycles. The molecule has 0 radical (unpaired) electrons. The van der Waals surface area contributed by atoms with Crippen molar-refractivity contribution in [3.8, 4) is 5.75 Å². The van der Waals surface area contributed by atoms with Gasteiger partial charge < -0.3 is 9.15 Å². The van der Waals surface area contributed by atoms with Gasteiger partial charge in [-0.05, 0) is 37.1 Å². The lowest BCUT2D eigenvalue weighted by Crippen LogP contribution is -2.07. The summed E-state index contributed by atoms with van der Waals surface area (Å²) in [6, 6.07) is 1.82. The van der Waals surface area contributed by atoms with Crippen molar-refractivity contribution in [1.29, 1.82) is 0 Å². The number of benzene rings is 1. The second-order valence-corrected chi connectivity index (χ2v) is 4.73. The first-order valence-corrected chi connectivity index (χ1v) is 6.03. The minimum Gasteiger partial charge on any atom is -0.489 e. The van der Waals surface area contributed by atoms with E-state index in [4.69, 9.17) is 20.8 Å². The lowest BCUT2D eigenvalue weighted by molar-refractivity contribution is 0.356. The van der Waals surface area contributed by atoms with Crippen LogP contribution >= 0.6 is 11.6 Å². The number of hydrogen-bond donors (Lipinski definition) is 0. The molecule has 0 fully saturated rings. The van der Waals surface area contributed by atoms with Gasteiger partial charge in [-0.3, -0.25) is 0 Å². The van der Waals surface area contributed by atoms with Crippen molar-refractivity contribution in [2.45, 2.75) is 13.8 Å². The van der Waals surface area contributed by atoms with Crippen molar-refractivity contribution in [3.05, 3.63) is 44.3 Å². The van der Waals surface area contributed by atoms with E-state index in [9.17, 15) is 4.79 Å². The van der Waals surface area contributed by atoms with Gasteiger partial charge >= 0.3 is 5.63 Å². The van der Waals surface area contributed by atoms with Crippen LogP contribution in [0.2, 0.25) is 5.02 Å². The van der Waals surface area contributed by atoms with E-state index < -0.39 is 5.63 Å². The summed E-state index contributed by atoms with van der Waals surface area (Å²) in [7, 11) is 0. The Kier molecular flexibility index (Phi) is 2.45. The molecule has 3 nitrogen and oxygen atoms in total. The highest BCUT2D eigenvalue weighted by Crippen LogP contribution is 2.37. The van der Waals surface area contributed by atoms with Gasteiger partial charge in [-0.15, -0.1) is 0 Å². The molecule has 1 aliphatic heterocycles. The Morgan fingerprint density at radius 3 is 2.89 bits per heavy atom. The summed E-state index contributed by atoms with van der Waals surface area (Å²) in [6.45, 7) is 4.31. The zero-order chi connectivity index (χ0) is 12.9. The first kappa shape index (κ1) is 11.4. The number of hydrogen-bond acceptors (Lipinski definition) is 3. The number of rotatable bonds is 0. The molecule has 0 saturated carbocycles. The molecular formula is C14H11ClO3. The van der Waals surface area contributed by atoms with Crippen molar-refractivity contribution < 1.29 is 9.15 Å². The van der Waals surface area contributed by atoms with Gasteiger partial charge in [0.2, 0.25) is 0 Å². The second-order valence-electron chi connectivity index (χ2n) is 4.35. The molecule has 1 aromatic carbocycles. The lowest BCUT2D eigenvalue weighted by Gasteiger charge is -2.18. The van der Waals surface area contributed by atoms with E-state index >= 15 is 0 Å². The number of halogens is 1. The van der Waals surface area contributed by atoms with Gasteiger partial charge in [0.1, 0.15) is 23.0 Å². The van der Waals surface area contributed by atoms with Crippen LogP contribution in [0.1, 0.15) is 16.7 Å². The summed E-state index contributed by atoms with van der Waals surface area (Å²) in [5.74, 6) is 0.831. The van der Waals surface area contributed by atoms with Gasteiger partial charge in [0.25, 0.3) is 0 Å². The Morgan fingerprint density at radius 2 is 2.11 bits per heavy atom. The summed E-state index contributed by atoms with van der Waals surface area (Å²) in [5.41, 5.74) is 2.66. The highest BCUT2D eigenvalue weighted by molar-refractivity contribution is 6.32. The Balaban J connectivity index is 2.56.